The van der Waals surface area contributed by atoms with Crippen LogP contribution in [0.15, 0.2) is 54.1 Å². The van der Waals surface area contributed by atoms with Gasteiger partial charge in [-0.3, -0.25) is 4.79 Å². The van der Waals surface area contributed by atoms with Gasteiger partial charge in [0.25, 0.3) is 5.91 Å². The van der Waals surface area contributed by atoms with Crippen molar-refractivity contribution >= 4 is 12.0 Å². The first-order chi connectivity index (χ1) is 12.2. The normalized spacial score (nSPS) is 15.8. The molecule has 0 aliphatic carbocycles. The van der Waals surface area contributed by atoms with Gasteiger partial charge < -0.3 is 10.1 Å². The van der Waals surface area contributed by atoms with Gasteiger partial charge in [-0.25, -0.2) is 0 Å². The molecule has 0 radical (unpaired) electrons. The monoisotopic (exact) mass is 332 g/mol. The summed E-state index contributed by atoms with van der Waals surface area (Å²) in [4.78, 5) is 12.2. The molecular formula is C21H20N2O2. The van der Waals surface area contributed by atoms with Crippen LogP contribution in [0.1, 0.15) is 23.6 Å². The van der Waals surface area contributed by atoms with E-state index >= 15 is 0 Å². The standard InChI is InChI=1S/C21H20N2O2/c1-15-11-18-12-17(7-8-20(18)25-15)13-19(14-22)21(24)23-10-9-16-5-3-2-4-6-16/h2-8,12-13,15H,9-11H2,1H3,(H,23,24)/b19-13-/t15-/m1/s1. The summed E-state index contributed by atoms with van der Waals surface area (Å²) in [5, 5.41) is 12.1. The molecule has 1 heterocycles. The zero-order valence-electron chi connectivity index (χ0n) is 14.2. The van der Waals surface area contributed by atoms with Gasteiger partial charge in [0.2, 0.25) is 0 Å². The summed E-state index contributed by atoms with van der Waals surface area (Å²) >= 11 is 0. The lowest BCUT2D eigenvalue weighted by Gasteiger charge is -2.05. The van der Waals surface area contributed by atoms with Crippen LogP contribution in [0.25, 0.3) is 6.08 Å². The smallest absolute Gasteiger partial charge is 0.261 e. The van der Waals surface area contributed by atoms with Crippen LogP contribution in [-0.4, -0.2) is 18.6 Å². The predicted octanol–water partition coefficient (Wildman–Crippen LogP) is 3.28. The van der Waals surface area contributed by atoms with E-state index in [9.17, 15) is 10.1 Å². The van der Waals surface area contributed by atoms with E-state index in [0.717, 1.165) is 35.3 Å². The summed E-state index contributed by atoms with van der Waals surface area (Å²) in [6, 6.07) is 17.7. The Hall–Kier alpha value is -3.06. The van der Waals surface area contributed by atoms with E-state index in [-0.39, 0.29) is 17.6 Å². The number of carbonyl (C=O) groups excluding carboxylic acids is 1. The van der Waals surface area contributed by atoms with Gasteiger partial charge in [0, 0.05) is 13.0 Å². The van der Waals surface area contributed by atoms with Gasteiger partial charge in [-0.15, -0.1) is 0 Å². The Bertz CT molecular complexity index is 835. The summed E-state index contributed by atoms with van der Waals surface area (Å²) < 4.78 is 5.67. The van der Waals surface area contributed by atoms with Crippen molar-refractivity contribution in [2.24, 2.45) is 0 Å². The van der Waals surface area contributed by atoms with Crippen LogP contribution in [0, 0.1) is 11.3 Å². The molecule has 4 nitrogen and oxygen atoms in total. The third kappa shape index (κ3) is 4.27. The van der Waals surface area contributed by atoms with Gasteiger partial charge in [0.1, 0.15) is 23.5 Å². The molecule has 126 valence electrons. The minimum atomic E-state index is -0.344. The van der Waals surface area contributed by atoms with Crippen molar-refractivity contribution in [3.63, 3.8) is 0 Å². The van der Waals surface area contributed by atoms with Crippen molar-refractivity contribution in [3.8, 4) is 11.8 Å². The first-order valence-electron chi connectivity index (χ1n) is 8.39. The molecule has 0 saturated carbocycles. The van der Waals surface area contributed by atoms with Gasteiger partial charge >= 0.3 is 0 Å². The van der Waals surface area contributed by atoms with E-state index in [0.29, 0.717) is 6.54 Å². The fraction of sp³-hybridized carbons (Fsp3) is 0.238. The molecule has 0 aromatic heterocycles. The third-order valence-electron chi connectivity index (χ3n) is 4.14. The molecule has 1 aliphatic heterocycles. The summed E-state index contributed by atoms with van der Waals surface area (Å²) in [5.74, 6) is 0.541. The van der Waals surface area contributed by atoms with E-state index in [2.05, 4.69) is 5.32 Å². The van der Waals surface area contributed by atoms with Crippen molar-refractivity contribution in [1.29, 1.82) is 5.26 Å². The Morgan fingerprint density at radius 2 is 2.12 bits per heavy atom. The van der Waals surface area contributed by atoms with Gasteiger partial charge in [-0.1, -0.05) is 36.4 Å². The Labute approximate surface area is 147 Å². The summed E-state index contributed by atoms with van der Waals surface area (Å²) in [6.07, 6.45) is 3.38. The number of nitrogens with one attached hydrogen (secondary N) is 1. The third-order valence-corrected chi connectivity index (χ3v) is 4.14. The highest BCUT2D eigenvalue weighted by Crippen LogP contribution is 2.29. The second-order valence-electron chi connectivity index (χ2n) is 6.16. The van der Waals surface area contributed by atoms with Crippen molar-refractivity contribution in [2.75, 3.05) is 6.54 Å². The molecule has 1 amide bonds. The summed E-state index contributed by atoms with van der Waals surface area (Å²) in [6.45, 7) is 2.52. The second kappa shape index (κ2) is 7.67. The number of hydrogen-bond acceptors (Lipinski definition) is 3. The highest BCUT2D eigenvalue weighted by atomic mass is 16.5. The van der Waals surface area contributed by atoms with Crippen molar-refractivity contribution in [1.82, 2.24) is 5.32 Å². The maximum Gasteiger partial charge on any atom is 0.261 e. The van der Waals surface area contributed by atoms with E-state index in [1.165, 1.54) is 0 Å². The van der Waals surface area contributed by atoms with E-state index in [4.69, 9.17) is 4.74 Å². The molecule has 2 aromatic rings. The molecular weight excluding hydrogens is 312 g/mol. The average Bonchev–Trinajstić information content (AvgIpc) is 2.99. The van der Waals surface area contributed by atoms with Crippen molar-refractivity contribution in [2.45, 2.75) is 25.9 Å². The Morgan fingerprint density at radius 1 is 1.32 bits per heavy atom. The lowest BCUT2D eigenvalue weighted by atomic mass is 10.0. The predicted molar refractivity (Wildman–Crippen MR) is 97.0 cm³/mol. The number of amides is 1. The zero-order valence-corrected chi connectivity index (χ0v) is 14.2. The molecule has 0 saturated heterocycles. The van der Waals surface area contributed by atoms with E-state index in [1.54, 1.807) is 6.08 Å². The number of ether oxygens (including phenoxy) is 1. The first kappa shape index (κ1) is 16.8. The number of hydrogen-bond donors (Lipinski definition) is 1. The molecule has 0 bridgehead atoms. The van der Waals surface area contributed by atoms with Crippen LogP contribution in [0.5, 0.6) is 5.75 Å². The van der Waals surface area contributed by atoms with Crippen LogP contribution in [0.3, 0.4) is 0 Å². The quantitative estimate of drug-likeness (QED) is 0.675. The molecule has 2 aromatic carbocycles. The lowest BCUT2D eigenvalue weighted by Crippen LogP contribution is -2.26. The Morgan fingerprint density at radius 3 is 2.88 bits per heavy atom. The van der Waals surface area contributed by atoms with Gasteiger partial charge in [0.15, 0.2) is 0 Å². The summed E-state index contributed by atoms with van der Waals surface area (Å²) in [7, 11) is 0. The Balaban J connectivity index is 1.63. The highest BCUT2D eigenvalue weighted by Gasteiger charge is 2.19. The topological polar surface area (TPSA) is 62.1 Å². The number of carbonyl (C=O) groups is 1. The van der Waals surface area contributed by atoms with Gasteiger partial charge in [-0.2, -0.15) is 5.26 Å². The largest absolute Gasteiger partial charge is 0.490 e. The minimum absolute atomic E-state index is 0.111. The average molecular weight is 332 g/mol. The van der Waals surface area contributed by atoms with Crippen LogP contribution >= 0.6 is 0 Å². The van der Waals surface area contributed by atoms with Crippen molar-refractivity contribution < 1.29 is 9.53 Å². The fourth-order valence-corrected chi connectivity index (χ4v) is 2.91. The SMILES string of the molecule is C[C@@H]1Cc2cc(/C=C(/C#N)C(=O)NCCc3ccccc3)ccc2O1. The molecule has 1 aliphatic rings. The van der Waals surface area contributed by atoms with Crippen LogP contribution in [-0.2, 0) is 17.6 Å². The molecule has 1 atom stereocenters. The summed E-state index contributed by atoms with van der Waals surface area (Å²) in [5.41, 5.74) is 3.22. The van der Waals surface area contributed by atoms with Gasteiger partial charge in [0.05, 0.1) is 0 Å². The maximum atomic E-state index is 12.2. The first-order valence-corrected chi connectivity index (χ1v) is 8.39. The van der Waals surface area contributed by atoms with Crippen LogP contribution in [0.2, 0.25) is 0 Å². The van der Waals surface area contributed by atoms with Crippen LogP contribution < -0.4 is 10.1 Å². The molecule has 0 fully saturated rings. The molecule has 4 heteroatoms. The number of nitrogens with zero attached hydrogens (tertiary/aromatic N) is 1. The fourth-order valence-electron chi connectivity index (χ4n) is 2.91. The van der Waals surface area contributed by atoms with Crippen LogP contribution in [0.4, 0.5) is 0 Å². The molecule has 25 heavy (non-hydrogen) atoms. The molecule has 0 spiro atoms. The number of nitriles is 1. The zero-order chi connectivity index (χ0) is 17.6. The number of rotatable bonds is 5. The second-order valence-corrected chi connectivity index (χ2v) is 6.16. The molecule has 3 rings (SSSR count). The molecule has 0 unspecified atom stereocenters. The van der Waals surface area contributed by atoms with E-state index in [1.807, 2.05) is 61.5 Å². The lowest BCUT2D eigenvalue weighted by molar-refractivity contribution is -0.117. The van der Waals surface area contributed by atoms with Gasteiger partial charge in [-0.05, 0) is 48.2 Å². The Kier molecular flexibility index (Phi) is 5.15. The number of benzene rings is 2. The van der Waals surface area contributed by atoms with Crippen molar-refractivity contribution in [3.05, 3.63) is 70.8 Å². The maximum absolute atomic E-state index is 12.2. The highest BCUT2D eigenvalue weighted by molar-refractivity contribution is 6.01. The molecule has 1 N–H and O–H groups in total. The van der Waals surface area contributed by atoms with E-state index < -0.39 is 0 Å². The number of fused-ring (bicyclic) bond motifs is 1. The minimum Gasteiger partial charge on any atom is -0.490 e.